The fourth-order valence-corrected chi connectivity index (χ4v) is 0.688. The molecule has 0 aliphatic heterocycles. The number of carboxylic acids is 1. The molecule has 1 rings (SSSR count). The molecule has 82 valence electrons. The molecule has 1 aromatic rings. The summed E-state index contributed by atoms with van der Waals surface area (Å²) in [7, 11) is 0. The zero-order valence-corrected chi connectivity index (χ0v) is 9.01. The zero-order valence-electron chi connectivity index (χ0n) is 7.38. The summed E-state index contributed by atoms with van der Waals surface area (Å²) in [6.07, 6.45) is 3.03. The molecule has 0 spiro atoms. The van der Waals surface area contributed by atoms with Crippen molar-refractivity contribution in [1.82, 2.24) is 9.66 Å². The molecule has 4 N–H and O–H groups in total. The maximum Gasteiger partial charge on any atom is 0.327 e. The van der Waals surface area contributed by atoms with Crippen molar-refractivity contribution in [3.63, 3.8) is 0 Å². The van der Waals surface area contributed by atoms with E-state index in [0.717, 1.165) is 0 Å². The highest BCUT2D eigenvalue weighted by atomic mass is 35.5. The van der Waals surface area contributed by atoms with Crippen LogP contribution in [0.15, 0.2) is 12.4 Å². The van der Waals surface area contributed by atoms with Crippen LogP contribution in [-0.2, 0) is 4.79 Å². The van der Waals surface area contributed by atoms with E-state index in [9.17, 15) is 4.79 Å². The molecule has 0 unspecified atom stereocenters. The van der Waals surface area contributed by atoms with Crippen LogP contribution in [0.2, 0.25) is 0 Å². The van der Waals surface area contributed by atoms with Crippen molar-refractivity contribution in [3.8, 4) is 0 Å². The topological polar surface area (TPSA) is 93.2 Å². The fraction of sp³-hybridized carbons (Fsp3) is 0.333. The van der Waals surface area contributed by atoms with Crippen LogP contribution in [0.5, 0.6) is 0 Å². The summed E-state index contributed by atoms with van der Waals surface area (Å²) in [4.78, 5) is 14.1. The van der Waals surface area contributed by atoms with Gasteiger partial charge in [-0.05, 0) is 6.92 Å². The first kappa shape index (κ1) is 15.3. The lowest BCUT2D eigenvalue weighted by Gasteiger charge is -2.11. The lowest BCUT2D eigenvalue weighted by Crippen LogP contribution is -2.32. The van der Waals surface area contributed by atoms with E-state index in [2.05, 4.69) is 10.4 Å². The highest BCUT2D eigenvalue weighted by Gasteiger charge is 2.10. The first-order valence-electron chi connectivity index (χ1n) is 3.39. The van der Waals surface area contributed by atoms with E-state index in [1.807, 2.05) is 0 Å². The normalized spacial score (nSPS) is 10.6. The third kappa shape index (κ3) is 3.71. The minimum Gasteiger partial charge on any atom is -0.480 e. The van der Waals surface area contributed by atoms with Crippen molar-refractivity contribution in [2.24, 2.45) is 0 Å². The number of nitrogen functional groups attached to an aromatic ring is 1. The first-order chi connectivity index (χ1) is 5.61. The number of imidazole rings is 1. The number of anilines is 1. The Balaban J connectivity index is 0. The van der Waals surface area contributed by atoms with E-state index < -0.39 is 12.0 Å². The Morgan fingerprint density at radius 2 is 2.29 bits per heavy atom. The summed E-state index contributed by atoms with van der Waals surface area (Å²) in [5, 5.41) is 8.53. The molecule has 0 saturated carbocycles. The van der Waals surface area contributed by atoms with Gasteiger partial charge in [-0.3, -0.25) is 0 Å². The smallest absolute Gasteiger partial charge is 0.327 e. The molecule has 0 saturated heterocycles. The van der Waals surface area contributed by atoms with Crippen molar-refractivity contribution in [2.45, 2.75) is 13.0 Å². The van der Waals surface area contributed by atoms with Gasteiger partial charge in [0, 0.05) is 12.4 Å². The average Bonchev–Trinajstić information content (AvgIpc) is 2.36. The van der Waals surface area contributed by atoms with Crippen molar-refractivity contribution in [2.75, 3.05) is 11.2 Å². The summed E-state index contributed by atoms with van der Waals surface area (Å²) < 4.78 is 1.36. The van der Waals surface area contributed by atoms with Crippen LogP contribution in [-0.4, -0.2) is 26.8 Å². The van der Waals surface area contributed by atoms with Crippen LogP contribution in [0.4, 0.5) is 5.95 Å². The highest BCUT2D eigenvalue weighted by molar-refractivity contribution is 5.85. The minimum absolute atomic E-state index is 0. The summed E-state index contributed by atoms with van der Waals surface area (Å²) in [6.45, 7) is 1.52. The third-order valence-corrected chi connectivity index (χ3v) is 1.37. The molecule has 1 aromatic heterocycles. The average molecular weight is 243 g/mol. The van der Waals surface area contributed by atoms with Crippen molar-refractivity contribution in [3.05, 3.63) is 12.4 Å². The molecule has 0 radical (unpaired) electrons. The summed E-state index contributed by atoms with van der Waals surface area (Å²) >= 11 is 0. The predicted octanol–water partition coefficient (Wildman–Crippen LogP) is 0.325. The standard InChI is InChI=1S/C6H10N4O2.2ClH/c1-4(5(11)12)9-10-3-2-8-6(10)7;;/h2-4,9H,1H3,(H2,7,8)(H,11,12);2*1H/t4-;;/m0../s1. The molecule has 0 bridgehead atoms. The lowest BCUT2D eigenvalue weighted by atomic mass is 10.4. The molecule has 1 atom stereocenters. The fourth-order valence-electron chi connectivity index (χ4n) is 0.688. The number of rotatable bonds is 3. The van der Waals surface area contributed by atoms with Crippen LogP contribution in [0.1, 0.15) is 6.92 Å². The van der Waals surface area contributed by atoms with E-state index >= 15 is 0 Å². The third-order valence-electron chi connectivity index (χ3n) is 1.37. The van der Waals surface area contributed by atoms with Gasteiger partial charge in [0.25, 0.3) is 0 Å². The number of halogens is 2. The number of carboxylic acid groups (broad SMARTS) is 1. The van der Waals surface area contributed by atoms with Gasteiger partial charge >= 0.3 is 5.97 Å². The second-order valence-corrected chi connectivity index (χ2v) is 2.34. The van der Waals surface area contributed by atoms with Crippen molar-refractivity contribution < 1.29 is 9.90 Å². The molecule has 0 amide bonds. The van der Waals surface area contributed by atoms with Gasteiger partial charge in [-0.1, -0.05) is 0 Å². The van der Waals surface area contributed by atoms with E-state index in [1.165, 1.54) is 17.8 Å². The molecule has 0 fully saturated rings. The molecule has 6 nitrogen and oxygen atoms in total. The van der Waals surface area contributed by atoms with Crippen molar-refractivity contribution in [1.29, 1.82) is 0 Å². The Bertz CT molecular complexity index is 291. The van der Waals surface area contributed by atoms with Gasteiger partial charge in [0.05, 0.1) is 0 Å². The van der Waals surface area contributed by atoms with Gasteiger partial charge in [0.2, 0.25) is 5.95 Å². The highest BCUT2D eigenvalue weighted by Crippen LogP contribution is 1.95. The Hall–Kier alpha value is -1.14. The molecule has 0 aliphatic rings. The number of nitrogens with zero attached hydrogens (tertiary/aromatic N) is 2. The number of nitrogens with two attached hydrogens (primary N) is 1. The van der Waals surface area contributed by atoms with Gasteiger partial charge in [-0.2, -0.15) is 0 Å². The van der Waals surface area contributed by atoms with Gasteiger partial charge in [-0.15, -0.1) is 24.8 Å². The Labute approximate surface area is 93.3 Å². The van der Waals surface area contributed by atoms with Gasteiger partial charge < -0.3 is 16.3 Å². The van der Waals surface area contributed by atoms with Crippen LogP contribution in [0.25, 0.3) is 0 Å². The maximum absolute atomic E-state index is 10.4. The number of carbonyl (C=O) groups is 1. The van der Waals surface area contributed by atoms with E-state index in [0.29, 0.717) is 0 Å². The van der Waals surface area contributed by atoms with Crippen LogP contribution >= 0.6 is 24.8 Å². The molecule has 1 heterocycles. The number of hydrogen-bond acceptors (Lipinski definition) is 4. The first-order valence-corrected chi connectivity index (χ1v) is 3.39. The summed E-state index contributed by atoms with van der Waals surface area (Å²) in [6, 6.07) is -0.693. The van der Waals surface area contributed by atoms with Gasteiger partial charge in [0.1, 0.15) is 6.04 Å². The van der Waals surface area contributed by atoms with Crippen LogP contribution in [0.3, 0.4) is 0 Å². The number of nitrogens with one attached hydrogen (secondary N) is 1. The maximum atomic E-state index is 10.4. The van der Waals surface area contributed by atoms with Crippen LogP contribution in [0, 0.1) is 0 Å². The van der Waals surface area contributed by atoms with Crippen LogP contribution < -0.4 is 11.2 Å². The minimum atomic E-state index is -0.942. The SMILES string of the molecule is C[C@H](Nn1ccnc1N)C(=O)O.Cl.Cl. The van der Waals surface area contributed by atoms with Crippen molar-refractivity contribution >= 4 is 36.7 Å². The Morgan fingerprint density at radius 3 is 2.64 bits per heavy atom. The molecular weight excluding hydrogens is 231 g/mol. The molecular formula is C6H12Cl2N4O2. The van der Waals surface area contributed by atoms with E-state index in [1.54, 1.807) is 6.20 Å². The van der Waals surface area contributed by atoms with E-state index in [4.69, 9.17) is 10.8 Å². The summed E-state index contributed by atoms with van der Waals surface area (Å²) in [5.41, 5.74) is 8.00. The molecule has 8 heteroatoms. The number of hydrogen-bond donors (Lipinski definition) is 3. The zero-order chi connectivity index (χ0) is 9.14. The largest absolute Gasteiger partial charge is 0.480 e. The predicted molar refractivity (Wildman–Crippen MR) is 57.6 cm³/mol. The van der Waals surface area contributed by atoms with Gasteiger partial charge in [0.15, 0.2) is 0 Å². The number of aromatic nitrogens is 2. The quantitative estimate of drug-likeness (QED) is 0.711. The molecule has 0 aliphatic carbocycles. The number of aliphatic carboxylic acids is 1. The van der Waals surface area contributed by atoms with E-state index in [-0.39, 0.29) is 30.8 Å². The van der Waals surface area contributed by atoms with Gasteiger partial charge in [-0.25, -0.2) is 14.5 Å². The summed E-state index contributed by atoms with van der Waals surface area (Å²) in [5.74, 6) is -0.703. The second kappa shape index (κ2) is 6.33. The Kier molecular flexibility index (Phi) is 6.94. The second-order valence-electron chi connectivity index (χ2n) is 2.34. The molecule has 14 heavy (non-hydrogen) atoms. The molecule has 0 aromatic carbocycles. The Morgan fingerprint density at radius 1 is 1.71 bits per heavy atom. The monoisotopic (exact) mass is 242 g/mol. The lowest BCUT2D eigenvalue weighted by molar-refractivity contribution is -0.137.